The smallest absolute Gasteiger partial charge is 0.339 e. The van der Waals surface area contributed by atoms with E-state index in [4.69, 9.17) is 14.6 Å². The second-order valence-electron chi connectivity index (χ2n) is 5.49. The summed E-state index contributed by atoms with van der Waals surface area (Å²) in [6.45, 7) is 5.65. The third-order valence-electron chi connectivity index (χ3n) is 2.43. The van der Waals surface area contributed by atoms with Gasteiger partial charge in [-0.05, 0) is 45.7 Å². The van der Waals surface area contributed by atoms with Crippen molar-refractivity contribution in [1.82, 2.24) is 0 Å². The van der Waals surface area contributed by atoms with Crippen molar-refractivity contribution in [3.05, 3.63) is 23.8 Å². The molecule has 1 aliphatic rings. The zero-order valence-electron chi connectivity index (χ0n) is 10.9. The lowest BCUT2D eigenvalue weighted by Gasteiger charge is -2.22. The minimum Gasteiger partial charge on any atom is -0.490 e. The van der Waals surface area contributed by atoms with Crippen LogP contribution in [0.4, 0.5) is 0 Å². The summed E-state index contributed by atoms with van der Waals surface area (Å²) in [5.41, 5.74) is -0.282. The summed E-state index contributed by atoms with van der Waals surface area (Å²) in [4.78, 5) is 11.1. The van der Waals surface area contributed by atoms with Crippen LogP contribution in [-0.4, -0.2) is 22.8 Å². The number of ether oxygens (including phenoxy) is 2. The first kappa shape index (κ1) is 12.7. The summed E-state index contributed by atoms with van der Waals surface area (Å²) >= 11 is 0. The number of carbonyl (C=O) groups is 1. The molecule has 0 aliphatic heterocycles. The molecular weight excluding hydrogens is 232 g/mol. The molecule has 0 radical (unpaired) electrons. The number of hydrogen-bond acceptors (Lipinski definition) is 3. The predicted octanol–water partition coefficient (Wildman–Crippen LogP) is 3.10. The highest BCUT2D eigenvalue weighted by Crippen LogP contribution is 2.32. The van der Waals surface area contributed by atoms with Crippen LogP contribution < -0.4 is 9.47 Å². The average Bonchev–Trinajstić information content (AvgIpc) is 2.98. The number of aromatic carboxylic acids is 1. The lowest BCUT2D eigenvalue weighted by atomic mass is 10.1. The summed E-state index contributed by atoms with van der Waals surface area (Å²) in [5.74, 6) is 0.0297. The monoisotopic (exact) mass is 250 g/mol. The number of benzene rings is 1. The third-order valence-corrected chi connectivity index (χ3v) is 2.43. The molecule has 0 heterocycles. The van der Waals surface area contributed by atoms with Gasteiger partial charge in [0.1, 0.15) is 22.7 Å². The highest BCUT2D eigenvalue weighted by molar-refractivity contribution is 5.91. The highest BCUT2D eigenvalue weighted by Gasteiger charge is 2.25. The summed E-state index contributed by atoms with van der Waals surface area (Å²) in [5, 5.41) is 9.13. The fourth-order valence-corrected chi connectivity index (χ4v) is 1.55. The first-order valence-corrected chi connectivity index (χ1v) is 6.08. The molecule has 1 aromatic carbocycles. The van der Waals surface area contributed by atoms with Gasteiger partial charge in [0.15, 0.2) is 0 Å². The van der Waals surface area contributed by atoms with Gasteiger partial charge in [0.05, 0.1) is 6.10 Å². The maximum atomic E-state index is 11.1. The Labute approximate surface area is 107 Å². The molecule has 2 rings (SSSR count). The van der Waals surface area contributed by atoms with Crippen LogP contribution >= 0.6 is 0 Å². The van der Waals surface area contributed by atoms with Crippen LogP contribution in [0.25, 0.3) is 0 Å². The lowest BCUT2D eigenvalue weighted by Crippen LogP contribution is -2.24. The van der Waals surface area contributed by atoms with Crippen molar-refractivity contribution in [3.8, 4) is 11.5 Å². The van der Waals surface area contributed by atoms with E-state index in [0.717, 1.165) is 12.8 Å². The van der Waals surface area contributed by atoms with Gasteiger partial charge in [-0.25, -0.2) is 4.79 Å². The maximum absolute atomic E-state index is 11.1. The van der Waals surface area contributed by atoms with Crippen LogP contribution in [0.2, 0.25) is 0 Å². The lowest BCUT2D eigenvalue weighted by molar-refractivity contribution is 0.0681. The molecule has 0 saturated heterocycles. The van der Waals surface area contributed by atoms with Gasteiger partial charge in [0, 0.05) is 6.07 Å². The minimum absolute atomic E-state index is 0.160. The molecule has 18 heavy (non-hydrogen) atoms. The van der Waals surface area contributed by atoms with E-state index in [1.165, 1.54) is 6.07 Å². The van der Waals surface area contributed by atoms with E-state index in [1.54, 1.807) is 12.1 Å². The maximum Gasteiger partial charge on any atom is 0.339 e. The van der Waals surface area contributed by atoms with E-state index in [1.807, 2.05) is 20.8 Å². The minimum atomic E-state index is -0.993. The van der Waals surface area contributed by atoms with E-state index >= 15 is 0 Å². The molecule has 1 fully saturated rings. The number of rotatable bonds is 4. The van der Waals surface area contributed by atoms with Crippen LogP contribution in [0, 0.1) is 0 Å². The third kappa shape index (κ3) is 3.39. The van der Waals surface area contributed by atoms with Crippen molar-refractivity contribution >= 4 is 5.97 Å². The molecule has 0 bridgehead atoms. The topological polar surface area (TPSA) is 55.8 Å². The molecule has 0 spiro atoms. The first-order chi connectivity index (χ1) is 8.35. The summed E-state index contributed by atoms with van der Waals surface area (Å²) in [6, 6.07) is 4.87. The molecule has 0 aromatic heterocycles. The second kappa shape index (κ2) is 4.52. The van der Waals surface area contributed by atoms with E-state index in [9.17, 15) is 4.79 Å². The Morgan fingerprint density at radius 3 is 2.50 bits per heavy atom. The van der Waals surface area contributed by atoms with E-state index < -0.39 is 11.6 Å². The SMILES string of the molecule is CC(C)(C)Oc1cc(OC2CC2)ccc1C(=O)O. The van der Waals surface area contributed by atoms with Crippen molar-refractivity contribution in [2.75, 3.05) is 0 Å². The molecular formula is C14H18O4. The van der Waals surface area contributed by atoms with Gasteiger partial charge < -0.3 is 14.6 Å². The summed E-state index contributed by atoms with van der Waals surface area (Å²) in [7, 11) is 0. The number of carboxylic acid groups (broad SMARTS) is 1. The van der Waals surface area contributed by atoms with Crippen LogP contribution in [-0.2, 0) is 0 Å². The van der Waals surface area contributed by atoms with E-state index in [0.29, 0.717) is 11.5 Å². The molecule has 0 amide bonds. The Kier molecular flexibility index (Phi) is 3.20. The zero-order valence-corrected chi connectivity index (χ0v) is 10.9. The van der Waals surface area contributed by atoms with E-state index in [-0.39, 0.29) is 11.7 Å². The normalized spacial score (nSPS) is 15.3. The Bertz CT molecular complexity index is 455. The number of carboxylic acids is 1. The standard InChI is InChI=1S/C14H18O4/c1-14(2,3)18-12-8-10(17-9-4-5-9)6-7-11(12)13(15)16/h6-9H,4-5H2,1-3H3,(H,15,16). The summed E-state index contributed by atoms with van der Waals surface area (Å²) in [6.07, 6.45) is 2.41. The van der Waals surface area contributed by atoms with Crippen LogP contribution in [0.3, 0.4) is 0 Å². The van der Waals surface area contributed by atoms with Gasteiger partial charge >= 0.3 is 5.97 Å². The Balaban J connectivity index is 2.27. The average molecular weight is 250 g/mol. The van der Waals surface area contributed by atoms with Gasteiger partial charge in [-0.15, -0.1) is 0 Å². The Morgan fingerprint density at radius 2 is 2.00 bits per heavy atom. The van der Waals surface area contributed by atoms with Gasteiger partial charge in [-0.3, -0.25) is 0 Å². The largest absolute Gasteiger partial charge is 0.490 e. The van der Waals surface area contributed by atoms with Crippen molar-refractivity contribution in [3.63, 3.8) is 0 Å². The molecule has 0 atom stereocenters. The predicted molar refractivity (Wildman–Crippen MR) is 67.4 cm³/mol. The van der Waals surface area contributed by atoms with Crippen molar-refractivity contribution in [2.24, 2.45) is 0 Å². The number of hydrogen-bond donors (Lipinski definition) is 1. The van der Waals surface area contributed by atoms with Crippen molar-refractivity contribution < 1.29 is 19.4 Å². The van der Waals surface area contributed by atoms with Crippen molar-refractivity contribution in [1.29, 1.82) is 0 Å². The van der Waals surface area contributed by atoms with Crippen LogP contribution in [0.15, 0.2) is 18.2 Å². The molecule has 1 N–H and O–H groups in total. The fourth-order valence-electron chi connectivity index (χ4n) is 1.55. The molecule has 4 heteroatoms. The summed E-state index contributed by atoms with van der Waals surface area (Å²) < 4.78 is 11.3. The van der Waals surface area contributed by atoms with Crippen LogP contribution in [0.5, 0.6) is 11.5 Å². The van der Waals surface area contributed by atoms with Crippen LogP contribution in [0.1, 0.15) is 44.0 Å². The van der Waals surface area contributed by atoms with E-state index in [2.05, 4.69) is 0 Å². The molecule has 4 nitrogen and oxygen atoms in total. The zero-order chi connectivity index (χ0) is 13.3. The van der Waals surface area contributed by atoms with Gasteiger partial charge in [0.25, 0.3) is 0 Å². The Hall–Kier alpha value is -1.71. The van der Waals surface area contributed by atoms with Gasteiger partial charge in [-0.2, -0.15) is 0 Å². The van der Waals surface area contributed by atoms with Gasteiger partial charge in [0.2, 0.25) is 0 Å². The van der Waals surface area contributed by atoms with Gasteiger partial charge in [-0.1, -0.05) is 0 Å². The first-order valence-electron chi connectivity index (χ1n) is 6.08. The molecule has 1 saturated carbocycles. The molecule has 98 valence electrons. The highest BCUT2D eigenvalue weighted by atomic mass is 16.5. The molecule has 1 aromatic rings. The fraction of sp³-hybridized carbons (Fsp3) is 0.500. The molecule has 1 aliphatic carbocycles. The second-order valence-corrected chi connectivity index (χ2v) is 5.49. The Morgan fingerprint density at radius 1 is 1.33 bits per heavy atom. The quantitative estimate of drug-likeness (QED) is 0.892. The molecule has 0 unspecified atom stereocenters. The van der Waals surface area contributed by atoms with Crippen molar-refractivity contribution in [2.45, 2.75) is 45.3 Å².